The van der Waals surface area contributed by atoms with Crippen LogP contribution >= 0.6 is 0 Å². The van der Waals surface area contributed by atoms with Gasteiger partial charge in [0.25, 0.3) is 0 Å². The highest BCUT2D eigenvalue weighted by molar-refractivity contribution is 6.96. The van der Waals surface area contributed by atoms with Gasteiger partial charge in [0.15, 0.2) is 0 Å². The Morgan fingerprint density at radius 3 is 1.86 bits per heavy atom. The molecule has 1 atom stereocenters. The molecule has 2 heteroatoms. The standard InChI is InChI=1S/C19H22OSi/c1-16-13-14-17(15-16)20-21(2,18-9-5-3-6-10-18)19-11-7-4-8-12-19/h3-12,14,16H,13,15H2,1-2H3. The van der Waals surface area contributed by atoms with Crippen molar-refractivity contribution in [2.75, 3.05) is 0 Å². The molecule has 0 radical (unpaired) electrons. The Labute approximate surface area is 128 Å². The molecule has 108 valence electrons. The smallest absolute Gasteiger partial charge is 0.311 e. The lowest BCUT2D eigenvalue weighted by Gasteiger charge is -2.30. The highest BCUT2D eigenvalue weighted by Crippen LogP contribution is 2.27. The molecule has 0 saturated carbocycles. The third kappa shape index (κ3) is 2.95. The molecular formula is C19H22OSi. The first kappa shape index (κ1) is 14.1. The minimum atomic E-state index is -2.16. The third-order valence-electron chi connectivity index (χ3n) is 4.28. The maximum absolute atomic E-state index is 6.64. The largest absolute Gasteiger partial charge is 0.538 e. The van der Waals surface area contributed by atoms with Crippen LogP contribution in [0.15, 0.2) is 72.5 Å². The van der Waals surface area contributed by atoms with Crippen LogP contribution in [0.1, 0.15) is 19.8 Å². The molecular weight excluding hydrogens is 272 g/mol. The summed E-state index contributed by atoms with van der Waals surface area (Å²) < 4.78 is 6.64. The topological polar surface area (TPSA) is 9.23 Å². The second-order valence-corrected chi connectivity index (χ2v) is 9.51. The summed E-state index contributed by atoms with van der Waals surface area (Å²) in [5.74, 6) is 1.90. The van der Waals surface area contributed by atoms with Crippen LogP contribution in [0.3, 0.4) is 0 Å². The minimum Gasteiger partial charge on any atom is -0.538 e. The fraction of sp³-hybridized carbons (Fsp3) is 0.263. The van der Waals surface area contributed by atoms with E-state index in [1.165, 1.54) is 16.1 Å². The lowest BCUT2D eigenvalue weighted by atomic mass is 10.1. The summed E-state index contributed by atoms with van der Waals surface area (Å²) in [6, 6.07) is 21.4. The van der Waals surface area contributed by atoms with E-state index in [0.29, 0.717) is 5.92 Å². The summed E-state index contributed by atoms with van der Waals surface area (Å²) in [5.41, 5.74) is 0. The van der Waals surface area contributed by atoms with Gasteiger partial charge in [-0.3, -0.25) is 0 Å². The van der Waals surface area contributed by atoms with E-state index < -0.39 is 8.32 Å². The van der Waals surface area contributed by atoms with Gasteiger partial charge in [0.05, 0.1) is 5.76 Å². The highest BCUT2D eigenvalue weighted by atomic mass is 28.4. The van der Waals surface area contributed by atoms with Gasteiger partial charge in [0.1, 0.15) is 0 Å². The number of rotatable bonds is 4. The zero-order valence-corrected chi connectivity index (χ0v) is 13.8. The molecule has 0 heterocycles. The summed E-state index contributed by atoms with van der Waals surface area (Å²) in [4.78, 5) is 0. The highest BCUT2D eigenvalue weighted by Gasteiger charge is 2.37. The van der Waals surface area contributed by atoms with Crippen LogP contribution in [0.4, 0.5) is 0 Å². The zero-order chi connectivity index (χ0) is 14.7. The molecule has 1 aliphatic rings. The van der Waals surface area contributed by atoms with Crippen molar-refractivity contribution in [2.45, 2.75) is 26.3 Å². The molecule has 1 unspecified atom stereocenters. The number of benzene rings is 2. The fourth-order valence-corrected chi connectivity index (χ4v) is 5.90. The number of allylic oxidation sites excluding steroid dienone is 2. The van der Waals surface area contributed by atoms with Crippen molar-refractivity contribution in [3.05, 3.63) is 72.5 Å². The van der Waals surface area contributed by atoms with E-state index >= 15 is 0 Å². The van der Waals surface area contributed by atoms with Crippen molar-refractivity contribution in [3.8, 4) is 0 Å². The van der Waals surface area contributed by atoms with Crippen molar-refractivity contribution in [1.82, 2.24) is 0 Å². The first-order valence-electron chi connectivity index (χ1n) is 7.67. The molecule has 0 amide bonds. The van der Waals surface area contributed by atoms with Gasteiger partial charge in [-0.15, -0.1) is 0 Å². The van der Waals surface area contributed by atoms with Crippen LogP contribution in [0.5, 0.6) is 0 Å². The van der Waals surface area contributed by atoms with E-state index in [9.17, 15) is 0 Å². The summed E-state index contributed by atoms with van der Waals surface area (Å²) >= 11 is 0. The van der Waals surface area contributed by atoms with Crippen LogP contribution in [0.2, 0.25) is 6.55 Å². The Morgan fingerprint density at radius 2 is 1.43 bits per heavy atom. The fourth-order valence-electron chi connectivity index (χ4n) is 2.99. The summed E-state index contributed by atoms with van der Waals surface area (Å²) in [6.45, 7) is 4.60. The predicted octanol–water partition coefficient (Wildman–Crippen LogP) is 3.71. The zero-order valence-electron chi connectivity index (χ0n) is 12.8. The van der Waals surface area contributed by atoms with Crippen molar-refractivity contribution in [1.29, 1.82) is 0 Å². The Kier molecular flexibility index (Phi) is 3.98. The first-order chi connectivity index (χ1) is 10.2. The second kappa shape index (κ2) is 5.90. The van der Waals surface area contributed by atoms with E-state index in [0.717, 1.165) is 12.8 Å². The minimum absolute atomic E-state index is 0.713. The second-order valence-electron chi connectivity index (χ2n) is 6.08. The normalized spacial score (nSPS) is 18.4. The van der Waals surface area contributed by atoms with Gasteiger partial charge in [-0.2, -0.15) is 0 Å². The summed E-state index contributed by atoms with van der Waals surface area (Å²) in [6.07, 6.45) is 4.49. The van der Waals surface area contributed by atoms with Gasteiger partial charge in [0.2, 0.25) is 0 Å². The van der Waals surface area contributed by atoms with Gasteiger partial charge in [-0.25, -0.2) is 0 Å². The average Bonchev–Trinajstić information content (AvgIpc) is 2.94. The Morgan fingerprint density at radius 1 is 0.905 bits per heavy atom. The lowest BCUT2D eigenvalue weighted by Crippen LogP contribution is -2.58. The van der Waals surface area contributed by atoms with Gasteiger partial charge in [-0.1, -0.05) is 67.6 Å². The molecule has 0 aliphatic heterocycles. The van der Waals surface area contributed by atoms with Crippen LogP contribution in [0, 0.1) is 5.92 Å². The molecule has 0 N–H and O–H groups in total. The molecule has 21 heavy (non-hydrogen) atoms. The summed E-state index contributed by atoms with van der Waals surface area (Å²) in [7, 11) is -2.16. The number of hydrogen-bond donors (Lipinski definition) is 0. The van der Waals surface area contributed by atoms with Gasteiger partial charge >= 0.3 is 8.32 Å². The Bertz CT molecular complexity index is 579. The quantitative estimate of drug-likeness (QED) is 0.781. The molecule has 0 saturated heterocycles. The van der Waals surface area contributed by atoms with Gasteiger partial charge in [0, 0.05) is 6.42 Å². The van der Waals surface area contributed by atoms with E-state index in [4.69, 9.17) is 4.43 Å². The van der Waals surface area contributed by atoms with Gasteiger partial charge < -0.3 is 4.43 Å². The Hall–Kier alpha value is -1.80. The summed E-state index contributed by atoms with van der Waals surface area (Å²) in [5, 5.41) is 2.66. The van der Waals surface area contributed by atoms with Crippen molar-refractivity contribution >= 4 is 18.7 Å². The van der Waals surface area contributed by atoms with Crippen molar-refractivity contribution < 1.29 is 4.43 Å². The lowest BCUT2D eigenvalue weighted by molar-refractivity contribution is 0.401. The maximum atomic E-state index is 6.64. The van der Waals surface area contributed by atoms with Crippen LogP contribution in [-0.4, -0.2) is 8.32 Å². The van der Waals surface area contributed by atoms with E-state index in [2.05, 4.69) is 80.2 Å². The van der Waals surface area contributed by atoms with Crippen molar-refractivity contribution in [3.63, 3.8) is 0 Å². The van der Waals surface area contributed by atoms with E-state index in [1.54, 1.807) is 0 Å². The van der Waals surface area contributed by atoms with Crippen LogP contribution in [0.25, 0.3) is 0 Å². The molecule has 0 aromatic heterocycles. The molecule has 1 aliphatic carbocycles. The molecule has 1 nitrogen and oxygen atoms in total. The van der Waals surface area contributed by atoms with E-state index in [-0.39, 0.29) is 0 Å². The van der Waals surface area contributed by atoms with E-state index in [1.807, 2.05) is 0 Å². The average molecular weight is 294 g/mol. The number of hydrogen-bond acceptors (Lipinski definition) is 1. The predicted molar refractivity (Wildman–Crippen MR) is 91.3 cm³/mol. The molecule has 0 spiro atoms. The van der Waals surface area contributed by atoms with Crippen molar-refractivity contribution in [2.24, 2.45) is 5.92 Å². The third-order valence-corrected chi connectivity index (χ3v) is 7.82. The van der Waals surface area contributed by atoms with Crippen LogP contribution < -0.4 is 10.4 Å². The Balaban J connectivity index is 1.99. The maximum Gasteiger partial charge on any atom is 0.311 e. The van der Waals surface area contributed by atoms with Crippen LogP contribution in [-0.2, 0) is 4.43 Å². The molecule has 2 aromatic rings. The molecule has 0 bridgehead atoms. The molecule has 0 fully saturated rings. The SMILES string of the molecule is CC1CC=C(O[Si](C)(c2ccccc2)c2ccccc2)C1. The molecule has 2 aromatic carbocycles. The molecule has 3 rings (SSSR count). The van der Waals surface area contributed by atoms with Gasteiger partial charge in [-0.05, 0) is 35.3 Å². The first-order valence-corrected chi connectivity index (χ1v) is 10.1. The monoisotopic (exact) mass is 294 g/mol.